The van der Waals surface area contributed by atoms with Crippen molar-refractivity contribution in [3.05, 3.63) is 57.6 Å². The zero-order valence-electron chi connectivity index (χ0n) is 13.7. The number of carbonyl (C=O) groups is 2. The van der Waals surface area contributed by atoms with E-state index < -0.39 is 0 Å². The molecule has 2 aromatic carbocycles. The lowest BCUT2D eigenvalue weighted by atomic mass is 10.1. The first kappa shape index (κ1) is 18.3. The van der Waals surface area contributed by atoms with E-state index in [0.717, 1.165) is 11.1 Å². The third-order valence-corrected chi connectivity index (χ3v) is 4.14. The van der Waals surface area contributed by atoms with Crippen molar-refractivity contribution in [2.24, 2.45) is 0 Å². The highest BCUT2D eigenvalue weighted by Gasteiger charge is 2.17. The van der Waals surface area contributed by atoms with E-state index in [0.29, 0.717) is 21.4 Å². The minimum atomic E-state index is -0.290. The van der Waals surface area contributed by atoms with Crippen LogP contribution in [0.2, 0.25) is 10.0 Å². The van der Waals surface area contributed by atoms with E-state index in [2.05, 4.69) is 5.32 Å². The van der Waals surface area contributed by atoms with Crippen molar-refractivity contribution in [1.29, 1.82) is 0 Å². The number of halogens is 2. The lowest BCUT2D eigenvalue weighted by Crippen LogP contribution is -2.36. The number of nitrogens with zero attached hydrogens (tertiary/aromatic N) is 1. The van der Waals surface area contributed by atoms with Crippen molar-refractivity contribution in [3.63, 3.8) is 0 Å². The van der Waals surface area contributed by atoms with Gasteiger partial charge in [-0.05, 0) is 55.3 Å². The summed E-state index contributed by atoms with van der Waals surface area (Å²) in [4.78, 5) is 25.6. The molecule has 0 atom stereocenters. The maximum atomic E-state index is 12.3. The summed E-state index contributed by atoms with van der Waals surface area (Å²) in [6.07, 6.45) is 0. The number of hydrogen-bond donors (Lipinski definition) is 1. The predicted molar refractivity (Wildman–Crippen MR) is 99.0 cm³/mol. The van der Waals surface area contributed by atoms with Gasteiger partial charge in [0.2, 0.25) is 11.8 Å². The molecule has 1 N–H and O–H groups in total. The Morgan fingerprint density at radius 2 is 1.62 bits per heavy atom. The van der Waals surface area contributed by atoms with Crippen LogP contribution in [-0.2, 0) is 9.59 Å². The quantitative estimate of drug-likeness (QED) is 0.861. The van der Waals surface area contributed by atoms with Gasteiger partial charge in [-0.25, -0.2) is 0 Å². The minimum Gasteiger partial charge on any atom is -0.325 e. The van der Waals surface area contributed by atoms with E-state index in [4.69, 9.17) is 23.2 Å². The molecule has 24 heavy (non-hydrogen) atoms. The van der Waals surface area contributed by atoms with Crippen LogP contribution >= 0.6 is 23.2 Å². The molecule has 0 aliphatic heterocycles. The van der Waals surface area contributed by atoms with Crippen molar-refractivity contribution >= 4 is 46.4 Å². The number of hydrogen-bond acceptors (Lipinski definition) is 2. The standard InChI is InChI=1S/C18H18Cl2N2O2/c1-11-6-12(2)8-14(7-11)21-18(24)10-22(13(3)23)15-4-5-16(19)17(20)9-15/h4-9H,10H2,1-3H3,(H,21,24). The maximum absolute atomic E-state index is 12.3. The van der Waals surface area contributed by atoms with Crippen molar-refractivity contribution in [3.8, 4) is 0 Å². The first-order valence-electron chi connectivity index (χ1n) is 7.37. The maximum Gasteiger partial charge on any atom is 0.244 e. The molecule has 0 fully saturated rings. The van der Waals surface area contributed by atoms with Gasteiger partial charge in [-0.1, -0.05) is 29.3 Å². The molecule has 0 aliphatic carbocycles. The minimum absolute atomic E-state index is 0.111. The summed E-state index contributed by atoms with van der Waals surface area (Å²) in [5, 5.41) is 3.53. The number of rotatable bonds is 4. The normalized spacial score (nSPS) is 10.4. The Hall–Kier alpha value is -2.04. The predicted octanol–water partition coefficient (Wildman–Crippen LogP) is 4.60. The molecule has 2 amide bonds. The average molecular weight is 365 g/mol. The van der Waals surface area contributed by atoms with Crippen LogP contribution < -0.4 is 10.2 Å². The third-order valence-electron chi connectivity index (χ3n) is 3.40. The fourth-order valence-electron chi connectivity index (χ4n) is 2.43. The lowest BCUT2D eigenvalue weighted by molar-refractivity contribution is -0.120. The van der Waals surface area contributed by atoms with Crippen molar-refractivity contribution in [1.82, 2.24) is 0 Å². The van der Waals surface area contributed by atoms with Crippen LogP contribution in [0.1, 0.15) is 18.1 Å². The summed E-state index contributed by atoms with van der Waals surface area (Å²) in [6, 6.07) is 10.6. The van der Waals surface area contributed by atoms with Gasteiger partial charge in [-0.3, -0.25) is 9.59 Å². The van der Waals surface area contributed by atoms with E-state index in [1.54, 1.807) is 18.2 Å². The second-order valence-corrected chi connectivity index (χ2v) is 6.44. The fraction of sp³-hybridized carbons (Fsp3) is 0.222. The Balaban J connectivity index is 2.16. The van der Waals surface area contributed by atoms with Crippen LogP contribution in [-0.4, -0.2) is 18.4 Å². The van der Waals surface area contributed by atoms with E-state index in [9.17, 15) is 9.59 Å². The number of nitrogens with one attached hydrogen (secondary N) is 1. The summed E-state index contributed by atoms with van der Waals surface area (Å²) < 4.78 is 0. The van der Waals surface area contributed by atoms with Gasteiger partial charge in [0.1, 0.15) is 6.54 Å². The number of amides is 2. The Labute approximate surface area is 151 Å². The van der Waals surface area contributed by atoms with Crippen LogP contribution in [0.25, 0.3) is 0 Å². The summed E-state index contributed by atoms with van der Waals surface area (Å²) >= 11 is 11.9. The Kier molecular flexibility index (Phi) is 5.86. The molecule has 0 aromatic heterocycles. The molecule has 0 heterocycles. The van der Waals surface area contributed by atoms with Crippen molar-refractivity contribution in [2.45, 2.75) is 20.8 Å². The molecule has 6 heteroatoms. The number of carbonyl (C=O) groups excluding carboxylic acids is 2. The second kappa shape index (κ2) is 7.69. The highest BCUT2D eigenvalue weighted by Crippen LogP contribution is 2.27. The summed E-state index contributed by atoms with van der Waals surface area (Å²) in [5.74, 6) is -0.551. The Morgan fingerprint density at radius 3 is 2.17 bits per heavy atom. The first-order chi connectivity index (χ1) is 11.3. The van der Waals surface area contributed by atoms with Gasteiger partial charge in [-0.2, -0.15) is 0 Å². The van der Waals surface area contributed by atoms with Gasteiger partial charge >= 0.3 is 0 Å². The first-order valence-corrected chi connectivity index (χ1v) is 8.13. The fourth-order valence-corrected chi connectivity index (χ4v) is 2.72. The Morgan fingerprint density at radius 1 is 1.00 bits per heavy atom. The molecule has 0 spiro atoms. The van der Waals surface area contributed by atoms with E-state index in [1.165, 1.54) is 11.8 Å². The van der Waals surface area contributed by atoms with Crippen LogP contribution in [0.3, 0.4) is 0 Å². The zero-order chi connectivity index (χ0) is 17.9. The topological polar surface area (TPSA) is 49.4 Å². The average Bonchev–Trinajstić information content (AvgIpc) is 2.46. The summed E-state index contributed by atoms with van der Waals surface area (Å²) in [6.45, 7) is 5.20. The molecule has 2 aromatic rings. The number of benzene rings is 2. The Bertz CT molecular complexity index is 770. The molecule has 0 saturated heterocycles. The largest absolute Gasteiger partial charge is 0.325 e. The molecule has 2 rings (SSSR count). The monoisotopic (exact) mass is 364 g/mol. The van der Waals surface area contributed by atoms with Crippen LogP contribution in [0.15, 0.2) is 36.4 Å². The summed E-state index contributed by atoms with van der Waals surface area (Å²) in [5.41, 5.74) is 3.33. The molecule has 0 aliphatic rings. The third kappa shape index (κ3) is 4.73. The van der Waals surface area contributed by atoms with E-state index in [-0.39, 0.29) is 18.4 Å². The zero-order valence-corrected chi connectivity index (χ0v) is 15.2. The molecule has 4 nitrogen and oxygen atoms in total. The van der Waals surface area contributed by atoms with Crippen molar-refractivity contribution in [2.75, 3.05) is 16.8 Å². The van der Waals surface area contributed by atoms with Crippen LogP contribution in [0, 0.1) is 13.8 Å². The molecule has 126 valence electrons. The van der Waals surface area contributed by atoms with Gasteiger partial charge in [0.25, 0.3) is 0 Å². The number of aryl methyl sites for hydroxylation is 2. The highest BCUT2D eigenvalue weighted by atomic mass is 35.5. The van der Waals surface area contributed by atoms with Gasteiger partial charge in [0.05, 0.1) is 10.0 Å². The molecule has 0 unspecified atom stereocenters. The lowest BCUT2D eigenvalue weighted by Gasteiger charge is -2.21. The van der Waals surface area contributed by atoms with Crippen LogP contribution in [0.4, 0.5) is 11.4 Å². The molecular weight excluding hydrogens is 347 g/mol. The molecule has 0 bridgehead atoms. The highest BCUT2D eigenvalue weighted by molar-refractivity contribution is 6.42. The van der Waals surface area contributed by atoms with Gasteiger partial charge in [0, 0.05) is 18.3 Å². The van der Waals surface area contributed by atoms with E-state index >= 15 is 0 Å². The summed E-state index contributed by atoms with van der Waals surface area (Å²) in [7, 11) is 0. The van der Waals surface area contributed by atoms with Crippen LogP contribution in [0.5, 0.6) is 0 Å². The second-order valence-electron chi connectivity index (χ2n) is 5.63. The smallest absolute Gasteiger partial charge is 0.244 e. The molecular formula is C18H18Cl2N2O2. The van der Waals surface area contributed by atoms with Gasteiger partial charge in [-0.15, -0.1) is 0 Å². The molecule has 0 radical (unpaired) electrons. The van der Waals surface area contributed by atoms with E-state index in [1.807, 2.05) is 32.0 Å². The van der Waals surface area contributed by atoms with Gasteiger partial charge in [0.15, 0.2) is 0 Å². The number of anilines is 2. The SMILES string of the molecule is CC(=O)N(CC(=O)Nc1cc(C)cc(C)c1)c1ccc(Cl)c(Cl)c1. The molecule has 0 saturated carbocycles. The van der Waals surface area contributed by atoms with Crippen molar-refractivity contribution < 1.29 is 9.59 Å². The van der Waals surface area contributed by atoms with Gasteiger partial charge < -0.3 is 10.2 Å².